The van der Waals surface area contributed by atoms with Crippen LogP contribution in [0.5, 0.6) is 0 Å². The van der Waals surface area contributed by atoms with Gasteiger partial charge in [0.05, 0.1) is 12.5 Å². The second-order valence-electron chi connectivity index (χ2n) is 2.95. The standard InChI is InChI=1S/C10H9NO4/c12-10(13)8-1-2-9(15-8)11-5-7-3-4-14-6-7/h1-4,6,11H,5H2,(H,12,13). The smallest absolute Gasteiger partial charge is 0.371 e. The first kappa shape index (κ1) is 9.39. The average molecular weight is 207 g/mol. The molecule has 0 atom stereocenters. The van der Waals surface area contributed by atoms with Crippen LogP contribution in [0.2, 0.25) is 0 Å². The van der Waals surface area contributed by atoms with E-state index in [0.29, 0.717) is 12.4 Å². The fraction of sp³-hybridized carbons (Fsp3) is 0.100. The van der Waals surface area contributed by atoms with E-state index in [2.05, 4.69) is 5.32 Å². The third kappa shape index (κ3) is 2.19. The first-order chi connectivity index (χ1) is 7.25. The molecule has 2 aromatic rings. The number of nitrogens with one attached hydrogen (secondary N) is 1. The number of carboxylic acids is 1. The molecule has 5 nitrogen and oxygen atoms in total. The van der Waals surface area contributed by atoms with E-state index >= 15 is 0 Å². The fourth-order valence-corrected chi connectivity index (χ4v) is 1.13. The molecule has 2 heterocycles. The van der Waals surface area contributed by atoms with Gasteiger partial charge in [-0.25, -0.2) is 4.79 Å². The molecule has 15 heavy (non-hydrogen) atoms. The summed E-state index contributed by atoms with van der Waals surface area (Å²) in [6, 6.07) is 4.79. The Morgan fingerprint density at radius 2 is 2.27 bits per heavy atom. The first-order valence-electron chi connectivity index (χ1n) is 4.34. The zero-order chi connectivity index (χ0) is 10.7. The SMILES string of the molecule is O=C(O)c1ccc(NCc2ccoc2)o1. The van der Waals surface area contributed by atoms with E-state index in [-0.39, 0.29) is 5.76 Å². The van der Waals surface area contributed by atoms with Crippen LogP contribution < -0.4 is 5.32 Å². The Bertz CT molecular complexity index is 444. The number of carbonyl (C=O) groups is 1. The monoisotopic (exact) mass is 207 g/mol. The molecule has 0 spiro atoms. The van der Waals surface area contributed by atoms with Gasteiger partial charge in [0.25, 0.3) is 0 Å². The van der Waals surface area contributed by atoms with Gasteiger partial charge in [0.1, 0.15) is 0 Å². The molecule has 2 N–H and O–H groups in total. The maximum Gasteiger partial charge on any atom is 0.371 e. The van der Waals surface area contributed by atoms with Gasteiger partial charge in [-0.3, -0.25) is 0 Å². The Kier molecular flexibility index (Phi) is 2.45. The molecule has 0 aliphatic carbocycles. The number of furan rings is 2. The third-order valence-corrected chi connectivity index (χ3v) is 1.86. The molecule has 0 fully saturated rings. The summed E-state index contributed by atoms with van der Waals surface area (Å²) >= 11 is 0. The molecule has 0 aliphatic heterocycles. The topological polar surface area (TPSA) is 75.6 Å². The second-order valence-corrected chi connectivity index (χ2v) is 2.95. The van der Waals surface area contributed by atoms with E-state index in [4.69, 9.17) is 13.9 Å². The molecule has 0 aromatic carbocycles. The van der Waals surface area contributed by atoms with Crippen LogP contribution >= 0.6 is 0 Å². The number of anilines is 1. The van der Waals surface area contributed by atoms with Gasteiger partial charge in [-0.2, -0.15) is 0 Å². The highest BCUT2D eigenvalue weighted by Gasteiger charge is 2.08. The molecular formula is C10H9NO4. The lowest BCUT2D eigenvalue weighted by Crippen LogP contribution is -1.97. The summed E-state index contributed by atoms with van der Waals surface area (Å²) < 4.78 is 9.88. The van der Waals surface area contributed by atoms with Crippen LogP contribution in [-0.2, 0) is 6.54 Å². The minimum absolute atomic E-state index is 0.0790. The highest BCUT2D eigenvalue weighted by Crippen LogP contribution is 2.14. The summed E-state index contributed by atoms with van der Waals surface area (Å²) in [7, 11) is 0. The second kappa shape index (κ2) is 3.91. The van der Waals surface area contributed by atoms with Gasteiger partial charge >= 0.3 is 5.97 Å². The lowest BCUT2D eigenvalue weighted by molar-refractivity contribution is 0.0663. The van der Waals surface area contributed by atoms with Crippen molar-refractivity contribution in [3.05, 3.63) is 42.0 Å². The number of aromatic carboxylic acids is 1. The minimum Gasteiger partial charge on any atom is -0.475 e. The van der Waals surface area contributed by atoms with E-state index in [1.54, 1.807) is 18.6 Å². The van der Waals surface area contributed by atoms with Crippen LogP contribution in [0.15, 0.2) is 39.6 Å². The Hall–Kier alpha value is -2.17. The molecule has 0 amide bonds. The van der Waals surface area contributed by atoms with Gasteiger partial charge in [0, 0.05) is 18.2 Å². The summed E-state index contributed by atoms with van der Waals surface area (Å²) in [4.78, 5) is 10.5. The van der Waals surface area contributed by atoms with Crippen LogP contribution in [0.1, 0.15) is 16.1 Å². The normalized spacial score (nSPS) is 10.1. The van der Waals surface area contributed by atoms with Gasteiger partial charge in [-0.15, -0.1) is 0 Å². The van der Waals surface area contributed by atoms with Crippen molar-refractivity contribution in [3.8, 4) is 0 Å². The highest BCUT2D eigenvalue weighted by atomic mass is 16.4. The summed E-state index contributed by atoms with van der Waals surface area (Å²) in [5.41, 5.74) is 0.961. The van der Waals surface area contributed by atoms with Gasteiger partial charge in [0.15, 0.2) is 5.88 Å². The van der Waals surface area contributed by atoms with Crippen molar-refractivity contribution in [2.45, 2.75) is 6.54 Å². The molecule has 0 saturated carbocycles. The van der Waals surface area contributed by atoms with Crippen molar-refractivity contribution in [2.75, 3.05) is 5.32 Å². The predicted octanol–water partition coefficient (Wildman–Crippen LogP) is 2.18. The molecule has 5 heteroatoms. The van der Waals surface area contributed by atoms with Gasteiger partial charge in [-0.05, 0) is 12.1 Å². The Balaban J connectivity index is 1.96. The molecule has 2 rings (SSSR count). The Morgan fingerprint density at radius 3 is 2.87 bits per heavy atom. The number of carboxylic acid groups (broad SMARTS) is 1. The van der Waals surface area contributed by atoms with Crippen LogP contribution in [0.3, 0.4) is 0 Å². The summed E-state index contributed by atoms with van der Waals surface area (Å²) in [5, 5.41) is 11.5. The van der Waals surface area contributed by atoms with Crippen LogP contribution in [0, 0.1) is 0 Å². The average Bonchev–Trinajstić information content (AvgIpc) is 2.86. The third-order valence-electron chi connectivity index (χ3n) is 1.86. The zero-order valence-corrected chi connectivity index (χ0v) is 7.77. The van der Waals surface area contributed by atoms with E-state index in [1.807, 2.05) is 6.07 Å². The molecule has 2 aromatic heterocycles. The van der Waals surface area contributed by atoms with Crippen molar-refractivity contribution in [2.24, 2.45) is 0 Å². The van der Waals surface area contributed by atoms with Crippen molar-refractivity contribution < 1.29 is 18.7 Å². The number of rotatable bonds is 4. The fourth-order valence-electron chi connectivity index (χ4n) is 1.13. The first-order valence-corrected chi connectivity index (χ1v) is 4.34. The van der Waals surface area contributed by atoms with E-state index in [9.17, 15) is 4.79 Å². The number of hydrogen-bond acceptors (Lipinski definition) is 4. The van der Waals surface area contributed by atoms with Crippen molar-refractivity contribution >= 4 is 11.9 Å². The maximum atomic E-state index is 10.5. The molecule has 0 unspecified atom stereocenters. The molecule has 78 valence electrons. The maximum absolute atomic E-state index is 10.5. The number of hydrogen-bond donors (Lipinski definition) is 2. The van der Waals surface area contributed by atoms with Crippen LogP contribution in [0.25, 0.3) is 0 Å². The van der Waals surface area contributed by atoms with E-state index in [1.165, 1.54) is 6.07 Å². The van der Waals surface area contributed by atoms with E-state index in [0.717, 1.165) is 5.56 Å². The summed E-state index contributed by atoms with van der Waals surface area (Å²) in [6.07, 6.45) is 3.18. The van der Waals surface area contributed by atoms with Crippen molar-refractivity contribution in [1.82, 2.24) is 0 Å². The summed E-state index contributed by atoms with van der Waals surface area (Å²) in [5.74, 6) is -0.732. The van der Waals surface area contributed by atoms with Crippen LogP contribution in [0.4, 0.5) is 5.88 Å². The Labute approximate surface area is 85.3 Å². The van der Waals surface area contributed by atoms with Gasteiger partial charge in [-0.1, -0.05) is 0 Å². The molecule has 0 saturated heterocycles. The quantitative estimate of drug-likeness (QED) is 0.803. The zero-order valence-electron chi connectivity index (χ0n) is 7.77. The lowest BCUT2D eigenvalue weighted by atomic mass is 10.3. The van der Waals surface area contributed by atoms with Crippen molar-refractivity contribution in [3.63, 3.8) is 0 Å². The Morgan fingerprint density at radius 1 is 1.40 bits per heavy atom. The molecule has 0 radical (unpaired) electrons. The summed E-state index contributed by atoms with van der Waals surface area (Å²) in [6.45, 7) is 0.531. The molecule has 0 bridgehead atoms. The minimum atomic E-state index is -1.08. The molecule has 0 aliphatic rings. The van der Waals surface area contributed by atoms with E-state index < -0.39 is 5.97 Å². The largest absolute Gasteiger partial charge is 0.475 e. The van der Waals surface area contributed by atoms with Crippen LogP contribution in [-0.4, -0.2) is 11.1 Å². The molecular weight excluding hydrogens is 198 g/mol. The van der Waals surface area contributed by atoms with Crippen molar-refractivity contribution in [1.29, 1.82) is 0 Å². The highest BCUT2D eigenvalue weighted by molar-refractivity contribution is 5.84. The van der Waals surface area contributed by atoms with Gasteiger partial charge in [0.2, 0.25) is 5.76 Å². The predicted molar refractivity (Wildman–Crippen MR) is 51.7 cm³/mol. The lowest BCUT2D eigenvalue weighted by Gasteiger charge is -1.98. The van der Waals surface area contributed by atoms with Gasteiger partial charge < -0.3 is 19.3 Å².